The van der Waals surface area contributed by atoms with Crippen LogP contribution in [0.25, 0.3) is 151 Å². The van der Waals surface area contributed by atoms with E-state index in [0.717, 1.165) is 139 Å². The van der Waals surface area contributed by atoms with E-state index < -0.39 is 0 Å². The minimum Gasteiger partial charge on any atom is -0.359 e. The van der Waals surface area contributed by atoms with E-state index >= 15 is 0 Å². The Morgan fingerprint density at radius 1 is 0.288 bits per heavy atom. The van der Waals surface area contributed by atoms with Crippen LogP contribution in [-0.4, -0.2) is 54.7 Å². The number of anilines is 2. The molecule has 0 radical (unpaired) electrons. The summed E-state index contributed by atoms with van der Waals surface area (Å²) in [7, 11) is 0. The number of rotatable bonds is 4. The van der Waals surface area contributed by atoms with Crippen LogP contribution in [0.5, 0.6) is 0 Å². The molecule has 22 aliphatic rings. The quantitative estimate of drug-likeness (QED) is 0.127. The van der Waals surface area contributed by atoms with E-state index in [1.165, 1.54) is 297 Å². The van der Waals surface area contributed by atoms with Crippen LogP contribution in [0, 0.1) is 92.7 Å². The Hall–Kier alpha value is -13.6. The number of benzene rings is 12. The van der Waals surface area contributed by atoms with Crippen LogP contribution in [0.4, 0.5) is 29.0 Å². The maximum atomic E-state index is 8.02. The second kappa shape index (κ2) is 31.7. The fourth-order valence-corrected chi connectivity index (χ4v) is 37.0. The van der Waals surface area contributed by atoms with Crippen molar-refractivity contribution in [2.24, 2.45) is 59.2 Å². The molecule has 20 bridgehead atoms. The molecule has 12 atom stereocenters. The average Bonchev–Trinajstić information content (AvgIpc) is 1.50. The molecule has 0 N–H and O–H groups in total. The number of hydrogen-bond donors (Lipinski definition) is 0. The summed E-state index contributed by atoms with van der Waals surface area (Å²) in [6.07, 6.45) is 42.3. The summed E-state index contributed by atoms with van der Waals surface area (Å²) < 4.78 is 7.35. The minimum absolute atomic E-state index is 0.149. The van der Waals surface area contributed by atoms with Gasteiger partial charge in [0.05, 0.1) is 78.4 Å². The zero-order chi connectivity index (χ0) is 95.7. The summed E-state index contributed by atoms with van der Waals surface area (Å²) in [4.78, 5) is 46.4. The van der Waals surface area contributed by atoms with Gasteiger partial charge in [0.15, 0.2) is 28.7 Å². The Morgan fingerprint density at radius 2 is 0.664 bits per heavy atom. The van der Waals surface area contributed by atoms with Crippen LogP contribution < -0.4 is 4.90 Å². The molecule has 146 heavy (non-hydrogen) atoms. The first kappa shape index (κ1) is 84.6. The van der Waals surface area contributed by atoms with Gasteiger partial charge in [-0.1, -0.05) is 171 Å². The second-order valence-electron chi connectivity index (χ2n) is 48.8. The van der Waals surface area contributed by atoms with Crippen molar-refractivity contribution in [1.82, 2.24) is 43.4 Å². The van der Waals surface area contributed by atoms with Gasteiger partial charge in [-0.05, 0) is 401 Å². The first-order chi connectivity index (χ1) is 71.9. The highest BCUT2D eigenvalue weighted by atomic mass is 32.2. The van der Waals surface area contributed by atoms with Gasteiger partial charge in [0.2, 0.25) is 0 Å². The number of thioether (sulfide) groups is 1. The fraction of sp³-hybridized carbons (Fsp3) is 0.371. The molecule has 10 saturated carbocycles. The summed E-state index contributed by atoms with van der Waals surface area (Å²) >= 11 is 1.90. The second-order valence-corrected chi connectivity index (χ2v) is 50.0. The molecule has 714 valence electrons. The number of aromatic nitrogens is 9. The Balaban J connectivity index is 0.0000000866. The van der Waals surface area contributed by atoms with Crippen LogP contribution in [0.1, 0.15) is 287 Å². The van der Waals surface area contributed by atoms with Crippen LogP contribution in [0.15, 0.2) is 229 Å². The maximum absolute atomic E-state index is 8.02. The molecule has 1 aliphatic heterocycles. The maximum Gasteiger partial charge on any atom is 0.313 e. The zero-order valence-corrected chi connectivity index (χ0v) is 83.8. The average molecular weight is 1920 g/mol. The van der Waals surface area contributed by atoms with Gasteiger partial charge in [-0.25, -0.2) is 9.97 Å². The van der Waals surface area contributed by atoms with Crippen molar-refractivity contribution in [2.75, 3.05) is 4.90 Å². The lowest BCUT2D eigenvalue weighted by atomic mass is 9.67. The third kappa shape index (κ3) is 12.5. The van der Waals surface area contributed by atoms with E-state index in [0.29, 0.717) is 64.0 Å². The van der Waals surface area contributed by atoms with Crippen molar-refractivity contribution in [2.45, 2.75) is 250 Å². The molecule has 10 fully saturated rings. The van der Waals surface area contributed by atoms with E-state index in [2.05, 4.69) is 271 Å². The van der Waals surface area contributed by atoms with Gasteiger partial charge >= 0.3 is 11.6 Å². The number of para-hydroxylation sites is 5. The van der Waals surface area contributed by atoms with Gasteiger partial charge in [0.25, 0.3) is 5.82 Å². The third-order valence-electron chi connectivity index (χ3n) is 40.7. The molecule has 0 amide bonds. The first-order valence-electron chi connectivity index (χ1n) is 55.6. The molecule has 41 rings (SSSR count). The number of fused-ring (bicyclic) bond motifs is 16. The van der Waals surface area contributed by atoms with Crippen molar-refractivity contribution < 1.29 is 0 Å². The SMILES string of the molecule is [C-]#[N+]c1nc2c(nc1-c1cc(C)c(-n3c4ccccc4c4ccccc43)cc1C)C1CC3CC(CC2C3)C1.[C-]#[N+]c1nc2c(nc1-n1c3ccccc3c3ccccc31)C1CC3CC(CC2C3)C1.[C-]#[N+]c1nc2c(nc1N1c3ccccc3SC3C=CC=CC31)C1CC3CC(CC2C3)C1.c1cc2ccc3c4c(ccc(c1)c24)c1c2cc4c(cc2n2c5cc6c(cc5c3c12)C1CC2CC(C1)CC6C2)C1CC2CC(CC4C2)C1. The van der Waals surface area contributed by atoms with Crippen molar-refractivity contribution in [3.8, 4) is 22.8 Å². The standard InChI is InChI=1S/C46H39N.C34H30N4.C26H24N4S.C26H22N4/c1-2-26-4-6-32-43-33(7-5-27(3-1)42(26)43)45-39-19-35-29-12-24-9-25(13-29)17-31(16-24)37(35)21-41(39)47-40-20-36-30-14-22-8-23(15-30)11-28(10-22)34(36)18-38(40)44(32)46(45)47;1-19-13-30(38-28-10-6-4-8-25(28)26-9-5-7-11-29(26)38)20(2)12-27(19)33-34(35-3)37-32-24-17-21-14-22(18-24)16-23(15-21)31(32)36-33;1-27-25-26(29-24-18-13-15-10-16(14-18)12-17(11-15)23(24)28-25)30-19-6-2-4-8-21(19)31-22-9-5-3-7-20(22)30;1-27-25-26(30-21-8-4-2-6-19(21)20-7-3-5-9-22(20)30)29-24-18-13-15-10-16(14-18)12-17(11-15)23(24)28-25/h1-7,18-25,28-31H,8-17H2;4-13,21-24H,14-18H2,1-2H3;2-9,15-19,21H,10-14H2;2-9,15-18H,10-14H2. The predicted molar refractivity (Wildman–Crippen MR) is 591 cm³/mol. The van der Waals surface area contributed by atoms with Crippen LogP contribution in [0.2, 0.25) is 0 Å². The lowest BCUT2D eigenvalue weighted by Gasteiger charge is -2.41. The lowest BCUT2D eigenvalue weighted by Crippen LogP contribution is -2.41. The van der Waals surface area contributed by atoms with Crippen LogP contribution >= 0.6 is 11.8 Å². The summed E-state index contributed by atoms with van der Waals surface area (Å²) in [6, 6.07) is 75.0. The van der Waals surface area contributed by atoms with Gasteiger partial charge in [-0.2, -0.15) is 0 Å². The Bertz CT molecular complexity index is 8760. The molecule has 0 saturated heterocycles. The van der Waals surface area contributed by atoms with Crippen molar-refractivity contribution in [3.05, 3.63) is 326 Å². The van der Waals surface area contributed by atoms with Crippen LogP contribution in [-0.2, 0) is 0 Å². The van der Waals surface area contributed by atoms with Gasteiger partial charge in [0, 0.05) is 89.2 Å². The molecule has 12 unspecified atom stereocenters. The normalized spacial score (nSPS) is 29.2. The molecule has 21 aliphatic carbocycles. The monoisotopic (exact) mass is 1910 g/mol. The summed E-state index contributed by atoms with van der Waals surface area (Å²) in [5.74, 6) is 17.6. The highest BCUT2D eigenvalue weighted by molar-refractivity contribution is 8.00. The summed E-state index contributed by atoms with van der Waals surface area (Å²) in [6.45, 7) is 28.3. The van der Waals surface area contributed by atoms with Crippen molar-refractivity contribution >= 4 is 155 Å². The number of aryl methyl sites for hydroxylation is 2. The molecule has 13 nitrogen and oxygen atoms in total. The molecule has 8 heterocycles. The van der Waals surface area contributed by atoms with E-state index in [1.54, 1.807) is 22.3 Å². The van der Waals surface area contributed by atoms with Crippen LogP contribution in [0.3, 0.4) is 0 Å². The molecule has 12 aromatic carbocycles. The van der Waals surface area contributed by atoms with E-state index in [-0.39, 0.29) is 6.04 Å². The molecule has 19 aromatic rings. The number of allylic oxidation sites excluding steroid dienone is 2. The highest BCUT2D eigenvalue weighted by Crippen LogP contribution is 2.65. The Morgan fingerprint density at radius 3 is 1.12 bits per heavy atom. The fourth-order valence-electron chi connectivity index (χ4n) is 35.8. The topological polar surface area (TPSA) is 108 Å². The lowest BCUT2D eigenvalue weighted by molar-refractivity contribution is 0.164. The van der Waals surface area contributed by atoms with E-state index in [1.807, 2.05) is 11.8 Å². The van der Waals surface area contributed by atoms with Gasteiger partial charge in [-0.3, -0.25) is 4.98 Å². The molecule has 14 heteroatoms. The summed E-state index contributed by atoms with van der Waals surface area (Å²) in [5, 5.41) is 20.0. The molecular formula is C132H115N13S. The van der Waals surface area contributed by atoms with Crippen molar-refractivity contribution in [1.29, 1.82) is 0 Å². The van der Waals surface area contributed by atoms with Gasteiger partial charge < -0.3 is 33.0 Å². The number of nitrogens with zero attached hydrogens (tertiary/aromatic N) is 13. The zero-order valence-electron chi connectivity index (χ0n) is 83.0. The largest absolute Gasteiger partial charge is 0.359 e. The van der Waals surface area contributed by atoms with E-state index in [9.17, 15) is 0 Å². The van der Waals surface area contributed by atoms with Crippen molar-refractivity contribution in [3.63, 3.8) is 0 Å². The highest BCUT2D eigenvalue weighted by Gasteiger charge is 2.52. The van der Waals surface area contributed by atoms with E-state index in [4.69, 9.17) is 49.6 Å². The van der Waals surface area contributed by atoms with Gasteiger partial charge in [-0.15, -0.1) is 26.7 Å². The minimum atomic E-state index is 0.149. The molecule has 7 aromatic heterocycles. The third-order valence-corrected chi connectivity index (χ3v) is 42.0. The molecular weight excluding hydrogens is 1800 g/mol. The summed E-state index contributed by atoms with van der Waals surface area (Å²) in [5.41, 5.74) is 29.5. The first-order valence-corrected chi connectivity index (χ1v) is 56.5. The number of hydrogen-bond acceptors (Lipinski definition) is 8. The Labute approximate surface area is 855 Å². The predicted octanol–water partition coefficient (Wildman–Crippen LogP) is 34.4. The van der Waals surface area contributed by atoms with Gasteiger partial charge in [0.1, 0.15) is 0 Å². The molecule has 0 spiro atoms. The smallest absolute Gasteiger partial charge is 0.313 e. The Kier molecular flexibility index (Phi) is 18.4.